The summed E-state index contributed by atoms with van der Waals surface area (Å²) in [7, 11) is 0. The van der Waals surface area contributed by atoms with Gasteiger partial charge in [0.05, 0.1) is 0 Å². The third-order valence-corrected chi connectivity index (χ3v) is 4.47. The number of H-pyrrole nitrogens is 1. The average Bonchev–Trinajstić information content (AvgIpc) is 3.18. The summed E-state index contributed by atoms with van der Waals surface area (Å²) in [6.45, 7) is 3.05. The molecular weight excluding hydrogens is 300 g/mol. The minimum atomic E-state index is 0.537. The van der Waals surface area contributed by atoms with Gasteiger partial charge in [0.15, 0.2) is 5.82 Å². The number of likely N-dealkylation sites (tertiary alicyclic amines) is 1. The lowest BCUT2D eigenvalue weighted by Crippen LogP contribution is -2.34. The van der Waals surface area contributed by atoms with Crippen molar-refractivity contribution in [2.24, 2.45) is 0 Å². The SMILES string of the molecule is c1ccc(-c2ncc(CN3CCC[C@@H](c4ccn[nH]4)C3)cn2)nc1. The lowest BCUT2D eigenvalue weighted by molar-refractivity contribution is 0.198. The Morgan fingerprint density at radius 2 is 2.00 bits per heavy atom. The Hall–Kier alpha value is -2.60. The van der Waals surface area contributed by atoms with Crippen molar-refractivity contribution in [3.05, 3.63) is 60.3 Å². The fraction of sp³-hybridized carbons (Fsp3) is 0.333. The van der Waals surface area contributed by atoms with Gasteiger partial charge in [-0.05, 0) is 37.6 Å². The van der Waals surface area contributed by atoms with Crippen molar-refractivity contribution in [3.63, 3.8) is 0 Å². The van der Waals surface area contributed by atoms with Gasteiger partial charge in [0, 0.05) is 55.1 Å². The molecule has 1 fully saturated rings. The number of hydrogen-bond acceptors (Lipinski definition) is 5. The summed E-state index contributed by atoms with van der Waals surface area (Å²) in [5.41, 5.74) is 3.18. The molecule has 122 valence electrons. The highest BCUT2D eigenvalue weighted by molar-refractivity contribution is 5.47. The monoisotopic (exact) mass is 320 g/mol. The summed E-state index contributed by atoms with van der Waals surface area (Å²) >= 11 is 0. The van der Waals surface area contributed by atoms with Crippen molar-refractivity contribution in [1.29, 1.82) is 0 Å². The van der Waals surface area contributed by atoms with E-state index in [1.54, 1.807) is 6.20 Å². The van der Waals surface area contributed by atoms with Crippen LogP contribution in [-0.2, 0) is 6.54 Å². The van der Waals surface area contributed by atoms with Gasteiger partial charge in [0.1, 0.15) is 5.69 Å². The van der Waals surface area contributed by atoms with Crippen LogP contribution in [0.3, 0.4) is 0 Å². The highest BCUT2D eigenvalue weighted by Crippen LogP contribution is 2.26. The minimum absolute atomic E-state index is 0.537. The Labute approximate surface area is 141 Å². The van der Waals surface area contributed by atoms with E-state index in [-0.39, 0.29) is 0 Å². The standard InChI is InChI=1S/C18H20N6/c1-2-7-19-17(5-1)18-20-10-14(11-21-18)12-24-9-3-4-15(13-24)16-6-8-22-23-16/h1-2,5-8,10-11,15H,3-4,9,12-13H2,(H,22,23)/t15-/m1/s1. The highest BCUT2D eigenvalue weighted by atomic mass is 15.1. The Morgan fingerprint density at radius 1 is 1.08 bits per heavy atom. The summed E-state index contributed by atoms with van der Waals surface area (Å²) < 4.78 is 0. The van der Waals surface area contributed by atoms with Crippen LogP contribution < -0.4 is 0 Å². The smallest absolute Gasteiger partial charge is 0.178 e. The summed E-state index contributed by atoms with van der Waals surface area (Å²) in [4.78, 5) is 15.7. The third-order valence-electron chi connectivity index (χ3n) is 4.47. The summed E-state index contributed by atoms with van der Waals surface area (Å²) in [5.74, 6) is 1.21. The molecule has 1 N–H and O–H groups in total. The number of pyridine rings is 1. The number of piperidine rings is 1. The Balaban J connectivity index is 1.42. The van der Waals surface area contributed by atoms with Crippen molar-refractivity contribution in [3.8, 4) is 11.5 Å². The second kappa shape index (κ2) is 6.88. The number of nitrogens with one attached hydrogen (secondary N) is 1. The fourth-order valence-corrected chi connectivity index (χ4v) is 3.27. The van der Waals surface area contributed by atoms with Crippen LogP contribution in [-0.4, -0.2) is 43.1 Å². The molecule has 6 nitrogen and oxygen atoms in total. The lowest BCUT2D eigenvalue weighted by Gasteiger charge is -2.32. The molecule has 0 bridgehead atoms. The van der Waals surface area contributed by atoms with E-state index in [1.807, 2.05) is 36.8 Å². The second-order valence-corrected chi connectivity index (χ2v) is 6.22. The van der Waals surface area contributed by atoms with Gasteiger partial charge in [-0.25, -0.2) is 9.97 Å². The van der Waals surface area contributed by atoms with E-state index in [0.29, 0.717) is 11.7 Å². The topological polar surface area (TPSA) is 70.6 Å². The van der Waals surface area contributed by atoms with Crippen molar-refractivity contribution in [2.45, 2.75) is 25.3 Å². The molecule has 4 heterocycles. The molecule has 0 aliphatic carbocycles. The molecule has 1 aliphatic heterocycles. The Kier molecular flexibility index (Phi) is 4.29. The van der Waals surface area contributed by atoms with Crippen LogP contribution in [0.25, 0.3) is 11.5 Å². The van der Waals surface area contributed by atoms with Crippen LogP contribution in [0.15, 0.2) is 49.1 Å². The summed E-state index contributed by atoms with van der Waals surface area (Å²) in [6, 6.07) is 7.85. The van der Waals surface area contributed by atoms with Crippen molar-refractivity contribution in [1.82, 2.24) is 30.0 Å². The normalized spacial score (nSPS) is 18.6. The van der Waals surface area contributed by atoms with E-state index >= 15 is 0 Å². The van der Waals surface area contributed by atoms with Gasteiger partial charge < -0.3 is 0 Å². The van der Waals surface area contributed by atoms with Gasteiger partial charge in [0.2, 0.25) is 0 Å². The van der Waals surface area contributed by atoms with Gasteiger partial charge in [-0.3, -0.25) is 15.0 Å². The molecule has 6 heteroatoms. The predicted octanol–water partition coefficient (Wildman–Crippen LogP) is 2.64. The molecule has 0 amide bonds. The van der Waals surface area contributed by atoms with E-state index in [0.717, 1.165) is 30.9 Å². The van der Waals surface area contributed by atoms with Crippen LogP contribution in [0.5, 0.6) is 0 Å². The molecule has 3 aromatic rings. The second-order valence-electron chi connectivity index (χ2n) is 6.22. The minimum Gasteiger partial charge on any atom is -0.298 e. The molecule has 0 spiro atoms. The van der Waals surface area contributed by atoms with E-state index < -0.39 is 0 Å². The maximum Gasteiger partial charge on any atom is 0.178 e. The molecule has 3 aromatic heterocycles. The molecule has 0 radical (unpaired) electrons. The highest BCUT2D eigenvalue weighted by Gasteiger charge is 2.22. The molecular formula is C18H20N6. The first-order chi connectivity index (χ1) is 11.9. The largest absolute Gasteiger partial charge is 0.298 e. The number of aromatic amines is 1. The molecule has 0 unspecified atom stereocenters. The Bertz CT molecular complexity index is 754. The first-order valence-electron chi connectivity index (χ1n) is 8.32. The first kappa shape index (κ1) is 15.0. The van der Waals surface area contributed by atoms with Gasteiger partial charge >= 0.3 is 0 Å². The van der Waals surface area contributed by atoms with Gasteiger partial charge in [-0.2, -0.15) is 5.10 Å². The maximum atomic E-state index is 4.47. The molecule has 4 rings (SSSR count). The van der Waals surface area contributed by atoms with Crippen molar-refractivity contribution in [2.75, 3.05) is 13.1 Å². The predicted molar refractivity (Wildman–Crippen MR) is 91.1 cm³/mol. The van der Waals surface area contributed by atoms with Crippen LogP contribution >= 0.6 is 0 Å². The van der Waals surface area contributed by atoms with Crippen molar-refractivity contribution < 1.29 is 0 Å². The average molecular weight is 320 g/mol. The zero-order valence-electron chi connectivity index (χ0n) is 13.5. The van der Waals surface area contributed by atoms with Crippen LogP contribution in [0, 0.1) is 0 Å². The number of hydrogen-bond donors (Lipinski definition) is 1. The van der Waals surface area contributed by atoms with E-state index in [1.165, 1.54) is 18.5 Å². The summed E-state index contributed by atoms with van der Waals surface area (Å²) in [6.07, 6.45) is 9.84. The number of aromatic nitrogens is 5. The molecule has 1 atom stereocenters. The van der Waals surface area contributed by atoms with E-state index in [2.05, 4.69) is 36.1 Å². The van der Waals surface area contributed by atoms with Crippen LogP contribution in [0.1, 0.15) is 30.0 Å². The fourth-order valence-electron chi connectivity index (χ4n) is 3.27. The number of rotatable bonds is 4. The van der Waals surface area contributed by atoms with Gasteiger partial charge in [-0.15, -0.1) is 0 Å². The van der Waals surface area contributed by atoms with Crippen LogP contribution in [0.2, 0.25) is 0 Å². The molecule has 1 aliphatic rings. The van der Waals surface area contributed by atoms with E-state index in [4.69, 9.17) is 0 Å². The van der Waals surface area contributed by atoms with Crippen LogP contribution in [0.4, 0.5) is 0 Å². The first-order valence-corrected chi connectivity index (χ1v) is 8.32. The lowest BCUT2D eigenvalue weighted by atomic mass is 9.95. The number of nitrogens with zero attached hydrogens (tertiary/aromatic N) is 5. The zero-order valence-corrected chi connectivity index (χ0v) is 13.5. The van der Waals surface area contributed by atoms with Gasteiger partial charge in [-0.1, -0.05) is 6.07 Å². The quantitative estimate of drug-likeness (QED) is 0.800. The van der Waals surface area contributed by atoms with Crippen molar-refractivity contribution >= 4 is 0 Å². The third kappa shape index (κ3) is 3.33. The van der Waals surface area contributed by atoms with E-state index in [9.17, 15) is 0 Å². The molecule has 24 heavy (non-hydrogen) atoms. The van der Waals surface area contributed by atoms with Gasteiger partial charge in [0.25, 0.3) is 0 Å². The molecule has 1 saturated heterocycles. The zero-order chi connectivity index (χ0) is 16.2. The Morgan fingerprint density at radius 3 is 2.75 bits per heavy atom. The molecule has 0 saturated carbocycles. The molecule has 0 aromatic carbocycles. The summed E-state index contributed by atoms with van der Waals surface area (Å²) in [5, 5.41) is 7.18. The maximum absolute atomic E-state index is 4.47.